The van der Waals surface area contributed by atoms with Crippen LogP contribution >= 0.6 is 0 Å². The highest BCUT2D eigenvalue weighted by Gasteiger charge is 2.28. The zero-order chi connectivity index (χ0) is 13.1. The predicted molar refractivity (Wildman–Crippen MR) is 74.1 cm³/mol. The second-order valence-corrected chi connectivity index (χ2v) is 5.15. The van der Waals surface area contributed by atoms with Crippen molar-refractivity contribution in [2.24, 2.45) is 0 Å². The van der Waals surface area contributed by atoms with Crippen molar-refractivity contribution < 1.29 is 4.79 Å². The van der Waals surface area contributed by atoms with Gasteiger partial charge >= 0.3 is 0 Å². The summed E-state index contributed by atoms with van der Waals surface area (Å²) in [6.07, 6.45) is 4.95. The number of nitrogens with zero attached hydrogens (tertiary/aromatic N) is 3. The van der Waals surface area contributed by atoms with E-state index in [1.807, 2.05) is 17.2 Å². The minimum atomic E-state index is 0.205. The first-order valence-corrected chi connectivity index (χ1v) is 7.02. The molecule has 2 saturated heterocycles. The van der Waals surface area contributed by atoms with Crippen molar-refractivity contribution >= 4 is 12.2 Å². The van der Waals surface area contributed by atoms with E-state index in [1.54, 1.807) is 0 Å². The molecule has 1 atom stereocenters. The average Bonchev–Trinajstić information content (AvgIpc) is 2.96. The van der Waals surface area contributed by atoms with E-state index in [9.17, 15) is 4.79 Å². The molecule has 5 heteroatoms. The molecule has 1 amide bonds. The molecule has 2 aliphatic rings. The van der Waals surface area contributed by atoms with Gasteiger partial charge in [0, 0.05) is 44.5 Å². The van der Waals surface area contributed by atoms with E-state index in [-0.39, 0.29) is 6.04 Å². The lowest BCUT2D eigenvalue weighted by atomic mass is 10.0. The first-order valence-electron chi connectivity index (χ1n) is 7.02. The topological polar surface area (TPSA) is 48.5 Å². The van der Waals surface area contributed by atoms with Crippen molar-refractivity contribution in [3.8, 4) is 0 Å². The molecule has 0 spiro atoms. The molecule has 19 heavy (non-hydrogen) atoms. The largest absolute Gasteiger partial charge is 0.354 e. The van der Waals surface area contributed by atoms with Crippen LogP contribution in [0.4, 0.5) is 5.82 Å². The second-order valence-electron chi connectivity index (χ2n) is 5.15. The highest BCUT2D eigenvalue weighted by Crippen LogP contribution is 2.35. The summed E-state index contributed by atoms with van der Waals surface area (Å²) < 4.78 is 0. The van der Waals surface area contributed by atoms with E-state index in [0.29, 0.717) is 0 Å². The summed E-state index contributed by atoms with van der Waals surface area (Å²) in [4.78, 5) is 20.0. The number of piperazine rings is 1. The molecule has 0 aliphatic carbocycles. The zero-order valence-electron chi connectivity index (χ0n) is 11.1. The summed E-state index contributed by atoms with van der Waals surface area (Å²) in [5.74, 6) is 1.06. The number of hydrogen-bond acceptors (Lipinski definition) is 4. The number of hydrogen-bond donors (Lipinski definition) is 1. The van der Waals surface area contributed by atoms with Gasteiger partial charge in [-0.15, -0.1) is 0 Å². The van der Waals surface area contributed by atoms with Crippen LogP contribution in [0.2, 0.25) is 0 Å². The van der Waals surface area contributed by atoms with E-state index in [2.05, 4.69) is 21.3 Å². The maximum Gasteiger partial charge on any atom is 0.210 e. The van der Waals surface area contributed by atoms with Crippen molar-refractivity contribution in [1.82, 2.24) is 15.2 Å². The Morgan fingerprint density at radius 1 is 1.32 bits per heavy atom. The number of aromatic nitrogens is 1. The quantitative estimate of drug-likeness (QED) is 0.816. The summed E-state index contributed by atoms with van der Waals surface area (Å²) in [6.45, 7) is 4.83. The summed E-state index contributed by atoms with van der Waals surface area (Å²) in [6, 6.07) is 4.30. The normalized spacial score (nSPS) is 23.7. The fourth-order valence-electron chi connectivity index (χ4n) is 3.06. The Morgan fingerprint density at radius 3 is 2.95 bits per heavy atom. The van der Waals surface area contributed by atoms with E-state index in [0.717, 1.165) is 57.8 Å². The van der Waals surface area contributed by atoms with Crippen LogP contribution in [0.5, 0.6) is 0 Å². The Hall–Kier alpha value is -1.62. The van der Waals surface area contributed by atoms with Gasteiger partial charge in [-0.05, 0) is 18.9 Å². The maximum atomic E-state index is 11.2. The predicted octanol–water partition coefficient (Wildman–Crippen LogP) is 0.784. The Kier molecular flexibility index (Phi) is 3.64. The van der Waals surface area contributed by atoms with Crippen molar-refractivity contribution in [1.29, 1.82) is 0 Å². The number of anilines is 1. The van der Waals surface area contributed by atoms with Gasteiger partial charge in [0.1, 0.15) is 5.82 Å². The minimum absolute atomic E-state index is 0.205. The van der Waals surface area contributed by atoms with Gasteiger partial charge < -0.3 is 15.1 Å². The Balaban J connectivity index is 1.90. The number of rotatable bonds is 3. The van der Waals surface area contributed by atoms with Gasteiger partial charge in [0.2, 0.25) is 6.41 Å². The molecule has 1 unspecified atom stereocenters. The van der Waals surface area contributed by atoms with E-state index >= 15 is 0 Å². The van der Waals surface area contributed by atoms with E-state index in [4.69, 9.17) is 0 Å². The van der Waals surface area contributed by atoms with Crippen LogP contribution in [0.1, 0.15) is 24.4 Å². The molecule has 0 bridgehead atoms. The summed E-state index contributed by atoms with van der Waals surface area (Å²) in [5.41, 5.74) is 1.20. The van der Waals surface area contributed by atoms with Gasteiger partial charge in [-0.25, -0.2) is 4.98 Å². The standard InChI is InChI=1S/C14H20N4O/c19-11-18-8-2-4-13(18)12-3-1-5-16-14(12)17-9-6-15-7-10-17/h1,3,5,11,13,15H,2,4,6-10H2. The first kappa shape index (κ1) is 12.4. The summed E-state index contributed by atoms with van der Waals surface area (Å²) in [7, 11) is 0. The third-order valence-corrected chi connectivity index (χ3v) is 4.02. The fraction of sp³-hybridized carbons (Fsp3) is 0.571. The average molecular weight is 260 g/mol. The summed E-state index contributed by atoms with van der Waals surface area (Å²) >= 11 is 0. The van der Waals surface area contributed by atoms with Gasteiger partial charge in [0.25, 0.3) is 0 Å². The number of pyridine rings is 1. The van der Waals surface area contributed by atoms with Crippen LogP contribution in [0.25, 0.3) is 0 Å². The van der Waals surface area contributed by atoms with Gasteiger partial charge in [-0.2, -0.15) is 0 Å². The molecule has 2 fully saturated rings. The number of carbonyl (C=O) groups is 1. The van der Waals surface area contributed by atoms with E-state index in [1.165, 1.54) is 5.56 Å². The third-order valence-electron chi connectivity index (χ3n) is 4.02. The second kappa shape index (κ2) is 5.57. The molecule has 1 aromatic heterocycles. The number of amides is 1. The number of likely N-dealkylation sites (tertiary alicyclic amines) is 1. The lowest BCUT2D eigenvalue weighted by Gasteiger charge is -2.32. The van der Waals surface area contributed by atoms with Gasteiger partial charge in [-0.1, -0.05) is 6.07 Å². The molecule has 3 heterocycles. The van der Waals surface area contributed by atoms with Crippen LogP contribution < -0.4 is 10.2 Å². The Labute approximate surface area is 113 Å². The molecule has 1 N–H and O–H groups in total. The molecule has 0 radical (unpaired) electrons. The molecule has 102 valence electrons. The van der Waals surface area contributed by atoms with Crippen molar-refractivity contribution in [2.75, 3.05) is 37.6 Å². The van der Waals surface area contributed by atoms with Crippen LogP contribution in [-0.2, 0) is 4.79 Å². The van der Waals surface area contributed by atoms with Crippen LogP contribution in [-0.4, -0.2) is 49.0 Å². The van der Waals surface area contributed by atoms with Crippen molar-refractivity contribution in [3.63, 3.8) is 0 Å². The van der Waals surface area contributed by atoms with Gasteiger partial charge in [0.05, 0.1) is 6.04 Å². The van der Waals surface area contributed by atoms with Crippen LogP contribution in [0.3, 0.4) is 0 Å². The third kappa shape index (κ3) is 2.42. The molecule has 5 nitrogen and oxygen atoms in total. The zero-order valence-corrected chi connectivity index (χ0v) is 11.1. The highest BCUT2D eigenvalue weighted by atomic mass is 16.1. The molecular formula is C14H20N4O. The van der Waals surface area contributed by atoms with Gasteiger partial charge in [-0.3, -0.25) is 4.79 Å². The smallest absolute Gasteiger partial charge is 0.210 e. The molecule has 0 saturated carbocycles. The SMILES string of the molecule is O=CN1CCCC1c1cccnc1N1CCNCC1. The Bertz CT molecular complexity index is 445. The molecule has 3 rings (SSSR count). The lowest BCUT2D eigenvalue weighted by Crippen LogP contribution is -2.44. The highest BCUT2D eigenvalue weighted by molar-refractivity contribution is 5.54. The van der Waals surface area contributed by atoms with Crippen LogP contribution in [0.15, 0.2) is 18.3 Å². The fourth-order valence-corrected chi connectivity index (χ4v) is 3.06. The molecule has 2 aliphatic heterocycles. The van der Waals surface area contributed by atoms with Gasteiger partial charge in [0.15, 0.2) is 0 Å². The first-order chi connectivity index (χ1) is 9.40. The van der Waals surface area contributed by atoms with E-state index < -0.39 is 0 Å². The number of carbonyl (C=O) groups excluding carboxylic acids is 1. The molecule has 0 aromatic carbocycles. The van der Waals surface area contributed by atoms with Crippen LogP contribution in [0, 0.1) is 0 Å². The lowest BCUT2D eigenvalue weighted by molar-refractivity contribution is -0.118. The molecular weight excluding hydrogens is 240 g/mol. The monoisotopic (exact) mass is 260 g/mol. The number of nitrogens with one attached hydrogen (secondary N) is 1. The molecule has 1 aromatic rings. The van der Waals surface area contributed by atoms with Crippen molar-refractivity contribution in [3.05, 3.63) is 23.9 Å². The minimum Gasteiger partial charge on any atom is -0.354 e. The Morgan fingerprint density at radius 2 is 2.16 bits per heavy atom. The summed E-state index contributed by atoms with van der Waals surface area (Å²) in [5, 5.41) is 3.36. The van der Waals surface area contributed by atoms with Crippen molar-refractivity contribution in [2.45, 2.75) is 18.9 Å². The maximum absolute atomic E-state index is 11.2.